The van der Waals surface area contributed by atoms with Crippen LogP contribution in [0.3, 0.4) is 0 Å². The number of allylic oxidation sites excluding steroid dienone is 4. The lowest BCUT2D eigenvalue weighted by molar-refractivity contribution is 0.919. The number of rotatable bonds is 5. The summed E-state index contributed by atoms with van der Waals surface area (Å²) < 4.78 is 0. The maximum absolute atomic E-state index is 4.43. The van der Waals surface area contributed by atoms with Crippen LogP contribution in [0.25, 0.3) is 0 Å². The molecule has 0 aliphatic heterocycles. The van der Waals surface area contributed by atoms with Gasteiger partial charge in [0.1, 0.15) is 0 Å². The summed E-state index contributed by atoms with van der Waals surface area (Å²) in [7, 11) is 0. The van der Waals surface area contributed by atoms with Crippen LogP contribution >= 0.6 is 0 Å². The van der Waals surface area contributed by atoms with Gasteiger partial charge in [0, 0.05) is 11.4 Å². The quantitative estimate of drug-likeness (QED) is 0.454. The van der Waals surface area contributed by atoms with E-state index in [1.54, 1.807) is 0 Å². The fraction of sp³-hybridized carbons (Fsp3) is 0.462. The Bertz CT molecular complexity index is 280. The molecule has 0 saturated carbocycles. The second-order valence-electron chi connectivity index (χ2n) is 3.69. The van der Waals surface area contributed by atoms with Crippen molar-refractivity contribution in [1.82, 2.24) is 0 Å². The maximum Gasteiger partial charge on any atom is 0.0401 e. The predicted octanol–water partition coefficient (Wildman–Crippen LogP) is 4.28. The molecule has 0 atom stereocenters. The van der Waals surface area contributed by atoms with Gasteiger partial charge in [0.25, 0.3) is 0 Å². The van der Waals surface area contributed by atoms with E-state index in [0.29, 0.717) is 0 Å². The third-order valence-electron chi connectivity index (χ3n) is 2.17. The average molecular weight is 191 g/mol. The number of aliphatic imine (C=N–C) groups is 1. The molecule has 0 radical (unpaired) electrons. The minimum Gasteiger partial charge on any atom is -0.259 e. The van der Waals surface area contributed by atoms with Gasteiger partial charge in [0.2, 0.25) is 0 Å². The highest BCUT2D eigenvalue weighted by molar-refractivity contribution is 5.98. The molecule has 0 spiro atoms. The molecule has 0 unspecified atom stereocenters. The van der Waals surface area contributed by atoms with E-state index >= 15 is 0 Å². The summed E-state index contributed by atoms with van der Waals surface area (Å²) in [4.78, 5) is 4.43. The summed E-state index contributed by atoms with van der Waals surface area (Å²) in [6.45, 7) is 15.9. The van der Waals surface area contributed by atoms with Crippen LogP contribution in [-0.4, -0.2) is 5.71 Å². The van der Waals surface area contributed by atoms with Crippen LogP contribution in [-0.2, 0) is 0 Å². The smallest absolute Gasteiger partial charge is 0.0401 e. The summed E-state index contributed by atoms with van der Waals surface area (Å²) in [5.41, 5.74) is 4.38. The topological polar surface area (TPSA) is 12.4 Å². The molecule has 0 N–H and O–H groups in total. The number of hydrogen-bond acceptors (Lipinski definition) is 1. The molecule has 78 valence electrons. The second kappa shape index (κ2) is 6.36. The van der Waals surface area contributed by atoms with Gasteiger partial charge >= 0.3 is 0 Å². The van der Waals surface area contributed by atoms with Crippen LogP contribution in [0.5, 0.6) is 0 Å². The number of nitrogens with zero attached hydrogens (tertiary/aromatic N) is 1. The van der Waals surface area contributed by atoms with Gasteiger partial charge in [-0.1, -0.05) is 18.2 Å². The van der Waals surface area contributed by atoms with E-state index in [9.17, 15) is 0 Å². The zero-order valence-corrected chi connectivity index (χ0v) is 9.85. The van der Waals surface area contributed by atoms with Crippen molar-refractivity contribution in [3.8, 4) is 0 Å². The molecule has 0 aliphatic rings. The van der Waals surface area contributed by atoms with Crippen LogP contribution in [0, 0.1) is 0 Å². The molecule has 0 aromatic rings. The molecule has 14 heavy (non-hydrogen) atoms. The summed E-state index contributed by atoms with van der Waals surface area (Å²) in [6.07, 6.45) is 3.94. The monoisotopic (exact) mass is 191 g/mol. The molecule has 0 bridgehead atoms. The van der Waals surface area contributed by atoms with Crippen LogP contribution in [0.1, 0.15) is 40.5 Å². The predicted molar refractivity (Wildman–Crippen MR) is 65.7 cm³/mol. The summed E-state index contributed by atoms with van der Waals surface area (Å²) >= 11 is 0. The Balaban J connectivity index is 4.23. The lowest BCUT2D eigenvalue weighted by atomic mass is 10.1. The molecule has 0 aromatic carbocycles. The van der Waals surface area contributed by atoms with Crippen molar-refractivity contribution >= 4 is 5.71 Å². The normalized spacial score (nSPS) is 12.9. The molecular weight excluding hydrogens is 170 g/mol. The van der Waals surface area contributed by atoms with Crippen molar-refractivity contribution in [2.24, 2.45) is 4.99 Å². The highest BCUT2D eigenvalue weighted by Crippen LogP contribution is 2.10. The van der Waals surface area contributed by atoms with E-state index in [4.69, 9.17) is 0 Å². The minimum atomic E-state index is 0.906. The second-order valence-corrected chi connectivity index (χ2v) is 3.69. The van der Waals surface area contributed by atoms with Gasteiger partial charge in [-0.15, -0.1) is 6.58 Å². The molecule has 1 nitrogen and oxygen atoms in total. The van der Waals surface area contributed by atoms with E-state index in [2.05, 4.69) is 31.2 Å². The highest BCUT2D eigenvalue weighted by atomic mass is 14.7. The van der Waals surface area contributed by atoms with Crippen LogP contribution < -0.4 is 0 Å². The Morgan fingerprint density at radius 3 is 2.14 bits per heavy atom. The van der Waals surface area contributed by atoms with E-state index in [0.717, 1.165) is 24.3 Å². The molecule has 0 heterocycles. The van der Waals surface area contributed by atoms with Gasteiger partial charge in [-0.2, -0.15) is 0 Å². The van der Waals surface area contributed by atoms with Gasteiger partial charge < -0.3 is 0 Å². The van der Waals surface area contributed by atoms with Crippen LogP contribution in [0.2, 0.25) is 0 Å². The first-order valence-corrected chi connectivity index (χ1v) is 4.98. The third-order valence-corrected chi connectivity index (χ3v) is 2.17. The molecule has 0 aliphatic carbocycles. The zero-order chi connectivity index (χ0) is 11.1. The van der Waals surface area contributed by atoms with Crippen molar-refractivity contribution in [3.63, 3.8) is 0 Å². The van der Waals surface area contributed by atoms with Gasteiger partial charge in [-0.05, 0) is 46.1 Å². The first-order chi connectivity index (χ1) is 6.47. The zero-order valence-electron chi connectivity index (χ0n) is 9.85. The largest absolute Gasteiger partial charge is 0.259 e. The Labute approximate surface area is 87.9 Å². The van der Waals surface area contributed by atoms with Crippen molar-refractivity contribution in [1.29, 1.82) is 0 Å². The Kier molecular flexibility index (Phi) is 5.86. The summed E-state index contributed by atoms with van der Waals surface area (Å²) in [6, 6.07) is 0. The number of hydrogen-bond donors (Lipinski definition) is 0. The summed E-state index contributed by atoms with van der Waals surface area (Å²) in [5, 5.41) is 0. The first-order valence-electron chi connectivity index (χ1n) is 4.98. The van der Waals surface area contributed by atoms with Crippen LogP contribution in [0.15, 0.2) is 41.1 Å². The van der Waals surface area contributed by atoms with Crippen molar-refractivity contribution < 1.29 is 0 Å². The fourth-order valence-corrected chi connectivity index (χ4v) is 0.948. The average Bonchev–Trinajstić information content (AvgIpc) is 2.13. The molecule has 0 fully saturated rings. The van der Waals surface area contributed by atoms with E-state index < -0.39 is 0 Å². The standard InChI is InChI=1S/C13H21N/c1-7-11(4)13(6)14-12(5)9-8-10(2)3/h7H,2,5,8-9H2,1,3-4,6H3/b11-7-,14-13?. The third kappa shape index (κ3) is 5.52. The SMILES string of the molecule is C=C(C)CCC(=C)N=C(C)/C(C)=C\C. The molecule has 0 aromatic heterocycles. The maximum atomic E-state index is 4.43. The van der Waals surface area contributed by atoms with Gasteiger partial charge in [-0.25, -0.2) is 0 Å². The molecular formula is C13H21N. The fourth-order valence-electron chi connectivity index (χ4n) is 0.948. The van der Waals surface area contributed by atoms with Gasteiger partial charge in [0.05, 0.1) is 0 Å². The molecule has 0 rings (SSSR count). The Hall–Kier alpha value is -1.11. The van der Waals surface area contributed by atoms with Crippen LogP contribution in [0.4, 0.5) is 0 Å². The van der Waals surface area contributed by atoms with Gasteiger partial charge in [-0.3, -0.25) is 4.99 Å². The molecule has 0 amide bonds. The highest BCUT2D eigenvalue weighted by Gasteiger charge is 1.96. The van der Waals surface area contributed by atoms with E-state index in [1.165, 1.54) is 11.1 Å². The molecule has 0 saturated heterocycles. The lowest BCUT2D eigenvalue weighted by Gasteiger charge is -2.03. The van der Waals surface area contributed by atoms with E-state index in [1.807, 2.05) is 20.8 Å². The first kappa shape index (κ1) is 12.9. The lowest BCUT2D eigenvalue weighted by Crippen LogP contribution is -1.94. The van der Waals surface area contributed by atoms with Crippen molar-refractivity contribution in [2.75, 3.05) is 0 Å². The van der Waals surface area contributed by atoms with E-state index in [-0.39, 0.29) is 0 Å². The Morgan fingerprint density at radius 1 is 1.14 bits per heavy atom. The molecule has 1 heteroatoms. The Morgan fingerprint density at radius 2 is 1.71 bits per heavy atom. The van der Waals surface area contributed by atoms with Crippen molar-refractivity contribution in [2.45, 2.75) is 40.5 Å². The summed E-state index contributed by atoms with van der Waals surface area (Å²) in [5.74, 6) is 0. The van der Waals surface area contributed by atoms with Gasteiger partial charge in [0.15, 0.2) is 0 Å². The van der Waals surface area contributed by atoms with Crippen molar-refractivity contribution in [3.05, 3.63) is 36.1 Å². The minimum absolute atomic E-state index is 0.906.